The minimum atomic E-state index is -0.0821. The van der Waals surface area contributed by atoms with Crippen molar-refractivity contribution >= 4 is 5.91 Å². The summed E-state index contributed by atoms with van der Waals surface area (Å²) in [5, 5.41) is 19.6. The van der Waals surface area contributed by atoms with Crippen LogP contribution in [0.5, 0.6) is 17.4 Å². The number of ether oxygens (including phenoxy) is 3. The zero-order chi connectivity index (χ0) is 22.9. The fraction of sp³-hybridized carbons (Fsp3) is 0.261. The van der Waals surface area contributed by atoms with Crippen LogP contribution in [-0.2, 0) is 0 Å². The summed E-state index contributed by atoms with van der Waals surface area (Å²) in [5.41, 5.74) is 1.98. The van der Waals surface area contributed by atoms with Crippen LogP contribution in [0.2, 0.25) is 0 Å². The Labute approximate surface area is 194 Å². The third-order valence-corrected chi connectivity index (χ3v) is 5.86. The highest BCUT2D eigenvalue weighted by Crippen LogP contribution is 2.35. The smallest absolute Gasteiger partial charge is 0.271 e. The third-order valence-electron chi connectivity index (χ3n) is 5.86. The summed E-state index contributed by atoms with van der Waals surface area (Å²) in [4.78, 5) is 14.8. The number of carbonyl (C=O) groups is 1. The van der Waals surface area contributed by atoms with E-state index in [0.29, 0.717) is 60.5 Å². The summed E-state index contributed by atoms with van der Waals surface area (Å²) < 4.78 is 18.4. The Hall–Kier alpha value is -4.41. The Morgan fingerprint density at radius 1 is 1.06 bits per heavy atom. The summed E-state index contributed by atoms with van der Waals surface area (Å²) in [7, 11) is 0. The molecule has 2 aliphatic heterocycles. The first-order valence-electron chi connectivity index (χ1n) is 11.0. The highest BCUT2D eigenvalue weighted by Gasteiger charge is 2.26. The molecule has 172 valence electrons. The van der Waals surface area contributed by atoms with E-state index in [1.165, 1.54) is 0 Å². The molecule has 0 bridgehead atoms. The van der Waals surface area contributed by atoms with E-state index in [1.807, 2.05) is 35.2 Å². The predicted octanol–water partition coefficient (Wildman–Crippen LogP) is 2.46. The second-order valence-corrected chi connectivity index (χ2v) is 8.02. The van der Waals surface area contributed by atoms with Gasteiger partial charge in [-0.2, -0.15) is 10.2 Å². The Morgan fingerprint density at radius 2 is 1.94 bits per heavy atom. The number of likely N-dealkylation sites (tertiary alicyclic amines) is 1. The van der Waals surface area contributed by atoms with Gasteiger partial charge in [-0.05, 0) is 36.4 Å². The normalized spacial score (nSPS) is 15.5. The fourth-order valence-corrected chi connectivity index (χ4v) is 4.06. The topological polar surface area (TPSA) is 120 Å². The van der Waals surface area contributed by atoms with Crippen molar-refractivity contribution < 1.29 is 19.0 Å². The van der Waals surface area contributed by atoms with Crippen molar-refractivity contribution in [2.24, 2.45) is 0 Å². The van der Waals surface area contributed by atoms with Crippen molar-refractivity contribution in [1.29, 1.82) is 0 Å². The molecule has 1 N–H and O–H groups in total. The van der Waals surface area contributed by atoms with Gasteiger partial charge in [-0.1, -0.05) is 0 Å². The number of aromatic amines is 1. The number of amides is 1. The quantitative estimate of drug-likeness (QED) is 0.483. The lowest BCUT2D eigenvalue weighted by Gasteiger charge is -2.31. The number of carbonyl (C=O) groups excluding carboxylic acids is 1. The van der Waals surface area contributed by atoms with Crippen molar-refractivity contribution in [2.75, 3.05) is 19.9 Å². The van der Waals surface area contributed by atoms with Crippen molar-refractivity contribution in [3.8, 4) is 34.5 Å². The molecule has 1 saturated heterocycles. The zero-order valence-electron chi connectivity index (χ0n) is 18.1. The van der Waals surface area contributed by atoms with Gasteiger partial charge in [0.1, 0.15) is 11.8 Å². The molecule has 34 heavy (non-hydrogen) atoms. The molecule has 0 radical (unpaired) electrons. The van der Waals surface area contributed by atoms with E-state index in [2.05, 4.69) is 25.5 Å². The molecule has 5 heterocycles. The van der Waals surface area contributed by atoms with Gasteiger partial charge in [0.2, 0.25) is 12.7 Å². The number of H-pyrrole nitrogens is 1. The molecular formula is C23H21N7O4. The minimum Gasteiger partial charge on any atom is -0.473 e. The second kappa shape index (κ2) is 8.50. The van der Waals surface area contributed by atoms with Crippen molar-refractivity contribution in [1.82, 2.24) is 35.1 Å². The van der Waals surface area contributed by atoms with Crippen LogP contribution in [0.4, 0.5) is 0 Å². The van der Waals surface area contributed by atoms with Crippen LogP contribution >= 0.6 is 0 Å². The van der Waals surface area contributed by atoms with Gasteiger partial charge in [-0.15, -0.1) is 10.2 Å². The highest BCUT2D eigenvalue weighted by atomic mass is 16.7. The van der Waals surface area contributed by atoms with Gasteiger partial charge in [0.25, 0.3) is 5.91 Å². The molecule has 4 aromatic rings. The minimum absolute atomic E-state index is 0.0279. The first kappa shape index (κ1) is 20.2. The Morgan fingerprint density at radius 3 is 2.74 bits per heavy atom. The molecule has 2 aliphatic rings. The number of hydrogen-bond acceptors (Lipinski definition) is 8. The molecule has 3 aromatic heterocycles. The van der Waals surface area contributed by atoms with Crippen LogP contribution in [-0.4, -0.2) is 67.0 Å². The summed E-state index contributed by atoms with van der Waals surface area (Å²) in [6, 6.07) is 12.8. The predicted molar refractivity (Wildman–Crippen MR) is 119 cm³/mol. The van der Waals surface area contributed by atoms with Crippen LogP contribution in [0.3, 0.4) is 0 Å². The van der Waals surface area contributed by atoms with Gasteiger partial charge < -0.3 is 19.1 Å². The van der Waals surface area contributed by atoms with E-state index in [0.717, 1.165) is 5.56 Å². The molecule has 0 atom stereocenters. The number of hydrogen-bond donors (Lipinski definition) is 1. The largest absolute Gasteiger partial charge is 0.473 e. The molecular weight excluding hydrogens is 438 g/mol. The molecule has 0 unspecified atom stereocenters. The third kappa shape index (κ3) is 3.91. The SMILES string of the molecule is O=C(c1cc(-c2ccc3c(c2)OCO3)n[nH]1)N1CCC(Oc2ccc(-n3cccn3)nn2)CC1. The number of rotatable bonds is 5. The molecule has 6 rings (SSSR count). The Balaban J connectivity index is 1.05. The van der Waals surface area contributed by atoms with Gasteiger partial charge >= 0.3 is 0 Å². The molecule has 0 spiro atoms. The van der Waals surface area contributed by atoms with Crippen LogP contribution in [0.15, 0.2) is 54.9 Å². The summed E-state index contributed by atoms with van der Waals surface area (Å²) in [5.74, 6) is 2.39. The zero-order valence-corrected chi connectivity index (χ0v) is 18.1. The lowest BCUT2D eigenvalue weighted by atomic mass is 10.1. The van der Waals surface area contributed by atoms with Gasteiger partial charge in [-0.25, -0.2) is 4.68 Å². The van der Waals surface area contributed by atoms with Crippen molar-refractivity contribution in [2.45, 2.75) is 18.9 Å². The first-order chi connectivity index (χ1) is 16.7. The van der Waals surface area contributed by atoms with Crippen molar-refractivity contribution in [3.05, 3.63) is 60.6 Å². The maximum Gasteiger partial charge on any atom is 0.271 e. The van der Waals surface area contributed by atoms with Crippen molar-refractivity contribution in [3.63, 3.8) is 0 Å². The Kier molecular flexibility index (Phi) is 5.06. The number of fused-ring (bicyclic) bond motifs is 1. The van der Waals surface area contributed by atoms with Crippen LogP contribution < -0.4 is 14.2 Å². The van der Waals surface area contributed by atoms with E-state index in [1.54, 1.807) is 29.2 Å². The van der Waals surface area contributed by atoms with Crippen LogP contribution in [0, 0.1) is 0 Å². The molecule has 1 fully saturated rings. The average Bonchev–Trinajstić information content (AvgIpc) is 3.66. The summed E-state index contributed by atoms with van der Waals surface area (Å²) in [6.07, 6.45) is 4.87. The highest BCUT2D eigenvalue weighted by molar-refractivity contribution is 5.93. The number of nitrogens with one attached hydrogen (secondary N) is 1. The molecule has 1 aromatic carbocycles. The van der Waals surface area contributed by atoms with Gasteiger partial charge in [0.15, 0.2) is 17.3 Å². The maximum absolute atomic E-state index is 13.0. The molecule has 11 nitrogen and oxygen atoms in total. The fourth-order valence-electron chi connectivity index (χ4n) is 4.06. The van der Waals surface area contributed by atoms with E-state index >= 15 is 0 Å². The number of nitrogens with zero attached hydrogens (tertiary/aromatic N) is 6. The number of benzene rings is 1. The van der Waals surface area contributed by atoms with E-state index in [-0.39, 0.29) is 18.8 Å². The van der Waals surface area contributed by atoms with E-state index in [9.17, 15) is 4.79 Å². The van der Waals surface area contributed by atoms with Crippen LogP contribution in [0.1, 0.15) is 23.3 Å². The van der Waals surface area contributed by atoms with Gasteiger partial charge in [0, 0.05) is 50.0 Å². The molecule has 11 heteroatoms. The lowest BCUT2D eigenvalue weighted by Crippen LogP contribution is -2.42. The molecule has 0 saturated carbocycles. The van der Waals surface area contributed by atoms with Crippen LogP contribution in [0.25, 0.3) is 17.1 Å². The monoisotopic (exact) mass is 459 g/mol. The Bertz CT molecular complexity index is 1300. The number of piperidine rings is 1. The summed E-state index contributed by atoms with van der Waals surface area (Å²) in [6.45, 7) is 1.38. The standard InChI is InChI=1S/C23H21N7O4/c31-23(18-13-17(25-26-18)15-2-3-19-20(12-15)33-14-32-19)29-10-6-16(7-11-29)34-22-5-4-21(27-28-22)30-9-1-8-24-30/h1-5,8-9,12-13,16H,6-7,10-11,14H2,(H,25,26). The second-order valence-electron chi connectivity index (χ2n) is 8.02. The lowest BCUT2D eigenvalue weighted by molar-refractivity contribution is 0.0580. The van der Waals surface area contributed by atoms with Gasteiger partial charge in [-0.3, -0.25) is 9.89 Å². The van der Waals surface area contributed by atoms with Gasteiger partial charge in [0.05, 0.1) is 5.69 Å². The molecule has 0 aliphatic carbocycles. The van der Waals surface area contributed by atoms with E-state index < -0.39 is 0 Å². The van der Waals surface area contributed by atoms with E-state index in [4.69, 9.17) is 14.2 Å². The summed E-state index contributed by atoms with van der Waals surface area (Å²) >= 11 is 0. The molecule has 1 amide bonds. The first-order valence-corrected chi connectivity index (χ1v) is 11.0. The maximum atomic E-state index is 13.0. The number of aromatic nitrogens is 6. The average molecular weight is 459 g/mol.